The molecular weight excluding hydrogens is 350 g/mol. The van der Waals surface area contributed by atoms with Gasteiger partial charge < -0.3 is 21.4 Å². The Labute approximate surface area is 168 Å². The maximum Gasteiger partial charge on any atom is 0.156 e. The third-order valence-electron chi connectivity index (χ3n) is 5.38. The molecule has 28 heavy (non-hydrogen) atoms. The lowest BCUT2D eigenvalue weighted by Crippen LogP contribution is -2.38. The van der Waals surface area contributed by atoms with Crippen molar-refractivity contribution in [3.63, 3.8) is 0 Å². The molecule has 0 fully saturated rings. The lowest BCUT2D eigenvalue weighted by Gasteiger charge is -2.19. The van der Waals surface area contributed by atoms with Crippen molar-refractivity contribution in [1.29, 1.82) is 5.41 Å². The number of nitrogens with one attached hydrogen (secondary N) is 4. The maximum atomic E-state index is 8.31. The van der Waals surface area contributed by atoms with Crippen LogP contribution >= 0.6 is 0 Å². The smallest absolute Gasteiger partial charge is 0.156 e. The monoisotopic (exact) mass is 385 g/mol. The van der Waals surface area contributed by atoms with E-state index in [0.717, 1.165) is 43.9 Å². The van der Waals surface area contributed by atoms with Gasteiger partial charge in [-0.3, -0.25) is 10.4 Å². The van der Waals surface area contributed by atoms with E-state index in [1.54, 1.807) is 0 Å². The SMILES string of the molecule is C=C(C(=N)c1nc(C)c(C)[nH]1)C(N)N/C=C(\C)C1CCC(CNCC)C=NC1. The zero-order valence-corrected chi connectivity index (χ0v) is 17.6. The van der Waals surface area contributed by atoms with E-state index in [4.69, 9.17) is 11.1 Å². The minimum absolute atomic E-state index is 0.229. The van der Waals surface area contributed by atoms with Crippen molar-refractivity contribution in [2.75, 3.05) is 19.6 Å². The largest absolute Gasteiger partial charge is 0.372 e. The molecule has 154 valence electrons. The van der Waals surface area contributed by atoms with Crippen LogP contribution in [0.4, 0.5) is 0 Å². The van der Waals surface area contributed by atoms with Crippen molar-refractivity contribution < 1.29 is 0 Å². The fourth-order valence-electron chi connectivity index (χ4n) is 3.19. The molecule has 0 saturated carbocycles. The summed E-state index contributed by atoms with van der Waals surface area (Å²) in [6.45, 7) is 14.9. The number of nitrogens with zero attached hydrogens (tertiary/aromatic N) is 2. The Morgan fingerprint density at radius 1 is 1.46 bits per heavy atom. The van der Waals surface area contributed by atoms with Crippen LogP contribution < -0.4 is 16.4 Å². The summed E-state index contributed by atoms with van der Waals surface area (Å²) in [5.41, 5.74) is 10.00. The maximum absolute atomic E-state index is 8.31. The number of hydrogen-bond donors (Lipinski definition) is 5. The van der Waals surface area contributed by atoms with Crippen molar-refractivity contribution in [1.82, 2.24) is 20.6 Å². The first-order valence-corrected chi connectivity index (χ1v) is 10.0. The van der Waals surface area contributed by atoms with E-state index < -0.39 is 6.17 Å². The molecule has 1 aromatic rings. The van der Waals surface area contributed by atoms with Gasteiger partial charge in [-0.1, -0.05) is 19.1 Å². The van der Waals surface area contributed by atoms with Gasteiger partial charge in [-0.25, -0.2) is 4.98 Å². The summed E-state index contributed by atoms with van der Waals surface area (Å²) in [6.07, 6.45) is 5.76. The van der Waals surface area contributed by atoms with Gasteiger partial charge in [0.25, 0.3) is 0 Å². The van der Waals surface area contributed by atoms with Crippen LogP contribution in [-0.4, -0.2) is 47.7 Å². The van der Waals surface area contributed by atoms with E-state index in [-0.39, 0.29) is 5.71 Å². The summed E-state index contributed by atoms with van der Waals surface area (Å²) in [4.78, 5) is 12.1. The lowest BCUT2D eigenvalue weighted by atomic mass is 9.93. The third kappa shape index (κ3) is 5.87. The number of aryl methyl sites for hydroxylation is 2. The molecule has 1 aliphatic rings. The number of H-pyrrole nitrogens is 1. The van der Waals surface area contributed by atoms with Gasteiger partial charge in [0.05, 0.1) is 5.69 Å². The average Bonchev–Trinajstić information content (AvgIpc) is 2.88. The van der Waals surface area contributed by atoms with Crippen molar-refractivity contribution >= 4 is 11.9 Å². The summed E-state index contributed by atoms with van der Waals surface area (Å²) >= 11 is 0. The highest BCUT2D eigenvalue weighted by atomic mass is 15.0. The standard InChI is InChI=1S/C21H35N7/c1-6-24-10-17-7-8-18(12-25-11-17)13(2)9-26-20(23)14(3)19(22)21-27-15(4)16(5)28-21/h9,11,17-18,20,22,24,26H,3,6-8,10,12,23H2,1-2,4-5H3,(H,27,28)/b13-9+,22-19?. The van der Waals surface area contributed by atoms with Gasteiger partial charge in [0.15, 0.2) is 5.82 Å². The van der Waals surface area contributed by atoms with Gasteiger partial charge in [-0.05, 0) is 46.4 Å². The predicted molar refractivity (Wildman–Crippen MR) is 117 cm³/mol. The van der Waals surface area contributed by atoms with E-state index >= 15 is 0 Å². The summed E-state index contributed by atoms with van der Waals surface area (Å²) in [6, 6.07) is 0. The molecule has 0 radical (unpaired) electrons. The molecule has 0 bridgehead atoms. The molecule has 0 amide bonds. The number of nitrogens with two attached hydrogens (primary N) is 1. The van der Waals surface area contributed by atoms with E-state index in [0.29, 0.717) is 23.2 Å². The van der Waals surface area contributed by atoms with Crippen LogP contribution in [0.5, 0.6) is 0 Å². The predicted octanol–water partition coefficient (Wildman–Crippen LogP) is 2.44. The topological polar surface area (TPSA) is 115 Å². The van der Waals surface area contributed by atoms with E-state index in [1.165, 1.54) is 5.57 Å². The molecule has 3 atom stereocenters. The highest BCUT2D eigenvalue weighted by molar-refractivity contribution is 6.08. The molecule has 2 rings (SSSR count). The lowest BCUT2D eigenvalue weighted by molar-refractivity contribution is 0.494. The number of aliphatic imine (C=N–C) groups is 1. The van der Waals surface area contributed by atoms with Gasteiger partial charge in [0.1, 0.15) is 11.9 Å². The molecule has 7 heteroatoms. The Hall–Kier alpha value is -2.25. The molecule has 3 unspecified atom stereocenters. The second kappa shape index (κ2) is 10.3. The Morgan fingerprint density at radius 3 is 2.86 bits per heavy atom. The highest BCUT2D eigenvalue weighted by Crippen LogP contribution is 2.22. The normalized spacial score (nSPS) is 21.2. The molecule has 1 aliphatic heterocycles. The first kappa shape index (κ1) is 22.0. The number of imidazole rings is 1. The van der Waals surface area contributed by atoms with Crippen LogP contribution in [-0.2, 0) is 0 Å². The molecular formula is C21H35N7. The first-order chi connectivity index (χ1) is 13.3. The molecule has 0 aromatic carbocycles. The molecule has 1 aromatic heterocycles. The van der Waals surface area contributed by atoms with Crippen molar-refractivity contribution in [2.24, 2.45) is 22.6 Å². The average molecular weight is 386 g/mol. The summed E-state index contributed by atoms with van der Waals surface area (Å²) in [7, 11) is 0. The molecule has 6 N–H and O–H groups in total. The van der Waals surface area contributed by atoms with Crippen LogP contribution in [0.15, 0.2) is 28.9 Å². The number of aromatic nitrogens is 2. The van der Waals surface area contributed by atoms with Crippen molar-refractivity contribution in [3.05, 3.63) is 41.1 Å². The second-order valence-corrected chi connectivity index (χ2v) is 7.59. The zero-order valence-electron chi connectivity index (χ0n) is 17.6. The Balaban J connectivity index is 1.90. The van der Waals surface area contributed by atoms with Crippen molar-refractivity contribution in [2.45, 2.75) is 46.7 Å². The molecule has 7 nitrogen and oxygen atoms in total. The molecule has 0 saturated heterocycles. The van der Waals surface area contributed by atoms with Crippen LogP contribution in [0.25, 0.3) is 0 Å². The van der Waals surface area contributed by atoms with Crippen molar-refractivity contribution in [3.8, 4) is 0 Å². The number of hydrogen-bond acceptors (Lipinski definition) is 6. The van der Waals surface area contributed by atoms with Gasteiger partial charge in [0, 0.05) is 42.4 Å². The van der Waals surface area contributed by atoms with Crippen LogP contribution in [0.1, 0.15) is 43.9 Å². The third-order valence-corrected chi connectivity index (χ3v) is 5.38. The van der Waals surface area contributed by atoms with Crippen LogP contribution in [0, 0.1) is 31.1 Å². The highest BCUT2D eigenvalue weighted by Gasteiger charge is 2.19. The zero-order chi connectivity index (χ0) is 20.7. The quantitative estimate of drug-likeness (QED) is 0.332. The van der Waals surface area contributed by atoms with Gasteiger partial charge in [-0.15, -0.1) is 0 Å². The van der Waals surface area contributed by atoms with Gasteiger partial charge in [-0.2, -0.15) is 0 Å². The second-order valence-electron chi connectivity index (χ2n) is 7.59. The van der Waals surface area contributed by atoms with E-state index in [1.807, 2.05) is 20.0 Å². The number of rotatable bonds is 9. The van der Waals surface area contributed by atoms with Crippen LogP contribution in [0.2, 0.25) is 0 Å². The molecule has 0 spiro atoms. The van der Waals surface area contributed by atoms with Crippen LogP contribution in [0.3, 0.4) is 0 Å². The van der Waals surface area contributed by atoms with Gasteiger partial charge in [0.2, 0.25) is 0 Å². The summed E-state index contributed by atoms with van der Waals surface area (Å²) in [5.74, 6) is 1.42. The molecule has 2 heterocycles. The minimum Gasteiger partial charge on any atom is -0.372 e. The molecule has 0 aliphatic carbocycles. The Morgan fingerprint density at radius 2 is 2.21 bits per heavy atom. The number of aromatic amines is 1. The first-order valence-electron chi connectivity index (χ1n) is 10.0. The Bertz CT molecular complexity index is 724. The fourth-order valence-corrected chi connectivity index (χ4v) is 3.19. The summed E-state index contributed by atoms with van der Waals surface area (Å²) < 4.78 is 0. The summed E-state index contributed by atoms with van der Waals surface area (Å²) in [5, 5.41) is 14.9. The minimum atomic E-state index is -0.538. The Kier molecular flexibility index (Phi) is 8.14. The van der Waals surface area contributed by atoms with E-state index in [9.17, 15) is 0 Å². The van der Waals surface area contributed by atoms with E-state index in [2.05, 4.69) is 52.2 Å². The van der Waals surface area contributed by atoms with Gasteiger partial charge >= 0.3 is 0 Å². The fraction of sp³-hybridized carbons (Fsp3) is 0.571.